The number of carbonyl (C=O) groups is 1. The van der Waals surface area contributed by atoms with Crippen LogP contribution < -0.4 is 5.32 Å². The molecular weight excluding hydrogens is 342 g/mol. The van der Waals surface area contributed by atoms with Crippen molar-refractivity contribution in [3.8, 4) is 0 Å². The third-order valence-corrected chi connectivity index (χ3v) is 6.08. The zero-order valence-electron chi connectivity index (χ0n) is 13.2. The molecule has 0 spiro atoms. The molecule has 8 heteroatoms. The van der Waals surface area contributed by atoms with Crippen LogP contribution in [0.15, 0.2) is 23.3 Å². The molecule has 0 saturated carbocycles. The van der Waals surface area contributed by atoms with Gasteiger partial charge in [-0.15, -0.1) is 22.7 Å². The molecule has 0 radical (unpaired) electrons. The average molecular weight is 359 g/mol. The van der Waals surface area contributed by atoms with Gasteiger partial charge in [0.15, 0.2) is 0 Å². The maximum atomic E-state index is 12.3. The van der Waals surface area contributed by atoms with E-state index in [9.17, 15) is 4.79 Å². The van der Waals surface area contributed by atoms with Gasteiger partial charge in [-0.3, -0.25) is 14.7 Å². The molecule has 1 fully saturated rings. The smallest absolute Gasteiger partial charge is 0.261 e. The van der Waals surface area contributed by atoms with Crippen molar-refractivity contribution in [3.05, 3.63) is 39.4 Å². The van der Waals surface area contributed by atoms with E-state index in [0.29, 0.717) is 5.92 Å². The lowest BCUT2D eigenvalue weighted by Gasteiger charge is -2.15. The topological polar surface area (TPSA) is 71.0 Å². The van der Waals surface area contributed by atoms with E-state index < -0.39 is 0 Å². The molecular formula is C16H17N5OS2. The van der Waals surface area contributed by atoms with Gasteiger partial charge in [-0.2, -0.15) is 0 Å². The summed E-state index contributed by atoms with van der Waals surface area (Å²) in [4.78, 5) is 29.6. The summed E-state index contributed by atoms with van der Waals surface area (Å²) in [6, 6.07) is 0. The quantitative estimate of drug-likeness (QED) is 0.775. The molecule has 0 aliphatic carbocycles. The largest absolute Gasteiger partial charge is 0.354 e. The van der Waals surface area contributed by atoms with Crippen LogP contribution in [0, 0.1) is 0 Å². The normalized spacial score (nSPS) is 18.3. The second-order valence-corrected chi connectivity index (χ2v) is 7.55. The maximum Gasteiger partial charge on any atom is 0.261 e. The Morgan fingerprint density at radius 2 is 2.25 bits per heavy atom. The Bertz CT molecular complexity index is 861. The van der Waals surface area contributed by atoms with Gasteiger partial charge >= 0.3 is 0 Å². The number of nitrogens with zero attached hydrogens (tertiary/aromatic N) is 4. The van der Waals surface area contributed by atoms with E-state index in [1.807, 2.05) is 5.51 Å². The van der Waals surface area contributed by atoms with Gasteiger partial charge in [-0.25, -0.2) is 9.97 Å². The number of fused-ring (bicyclic) bond motifs is 1. The van der Waals surface area contributed by atoms with E-state index in [4.69, 9.17) is 0 Å². The number of likely N-dealkylation sites (tertiary alicyclic amines) is 1. The van der Waals surface area contributed by atoms with Crippen molar-refractivity contribution in [2.75, 3.05) is 20.1 Å². The molecule has 4 rings (SSSR count). The minimum absolute atomic E-state index is 0.0484. The average Bonchev–Trinajstić information content (AvgIpc) is 3.33. The molecule has 124 valence electrons. The van der Waals surface area contributed by atoms with Gasteiger partial charge in [0, 0.05) is 49.4 Å². The third kappa shape index (κ3) is 2.81. The number of hydrogen-bond acceptors (Lipinski definition) is 7. The van der Waals surface area contributed by atoms with E-state index in [-0.39, 0.29) is 5.91 Å². The lowest BCUT2D eigenvalue weighted by Crippen LogP contribution is -2.21. The first-order chi connectivity index (χ1) is 11.8. The van der Waals surface area contributed by atoms with E-state index in [0.717, 1.165) is 52.5 Å². The second-order valence-electron chi connectivity index (χ2n) is 5.83. The molecule has 1 amide bonds. The van der Waals surface area contributed by atoms with Crippen molar-refractivity contribution in [2.45, 2.75) is 18.9 Å². The fraction of sp³-hybridized carbons (Fsp3) is 0.375. The highest BCUT2D eigenvalue weighted by molar-refractivity contribution is 7.20. The summed E-state index contributed by atoms with van der Waals surface area (Å²) in [5.74, 6) is 0.258. The molecule has 1 aliphatic heterocycles. The molecule has 6 nitrogen and oxygen atoms in total. The first kappa shape index (κ1) is 15.6. The SMILES string of the molecule is CNC(=O)c1sc2nccnc2c1[C@@H]1CCN(Cc2cscn2)C1. The minimum Gasteiger partial charge on any atom is -0.354 e. The molecule has 3 aromatic heterocycles. The van der Waals surface area contributed by atoms with Gasteiger partial charge < -0.3 is 5.32 Å². The van der Waals surface area contributed by atoms with Crippen molar-refractivity contribution < 1.29 is 4.79 Å². The molecule has 3 aromatic rings. The van der Waals surface area contributed by atoms with Gasteiger partial charge in [0.2, 0.25) is 0 Å². The molecule has 0 unspecified atom stereocenters. The molecule has 1 saturated heterocycles. The molecule has 1 N–H and O–H groups in total. The third-order valence-electron chi connectivity index (χ3n) is 4.35. The Labute approximate surface area is 147 Å². The number of hydrogen-bond donors (Lipinski definition) is 1. The highest BCUT2D eigenvalue weighted by Gasteiger charge is 2.31. The van der Waals surface area contributed by atoms with Crippen molar-refractivity contribution in [2.24, 2.45) is 0 Å². The zero-order valence-corrected chi connectivity index (χ0v) is 14.9. The van der Waals surface area contributed by atoms with Crippen LogP contribution >= 0.6 is 22.7 Å². The van der Waals surface area contributed by atoms with Gasteiger partial charge in [0.25, 0.3) is 5.91 Å². The number of rotatable bonds is 4. The summed E-state index contributed by atoms with van der Waals surface area (Å²) < 4.78 is 0. The molecule has 0 bridgehead atoms. The molecule has 1 atom stereocenters. The lowest BCUT2D eigenvalue weighted by molar-refractivity contribution is 0.0966. The van der Waals surface area contributed by atoms with Crippen molar-refractivity contribution in [1.82, 2.24) is 25.2 Å². The van der Waals surface area contributed by atoms with Crippen molar-refractivity contribution in [3.63, 3.8) is 0 Å². The predicted molar refractivity (Wildman–Crippen MR) is 95.6 cm³/mol. The van der Waals surface area contributed by atoms with Gasteiger partial charge in [0.1, 0.15) is 10.3 Å². The van der Waals surface area contributed by atoms with E-state index >= 15 is 0 Å². The van der Waals surface area contributed by atoms with E-state index in [1.54, 1.807) is 30.8 Å². The summed E-state index contributed by atoms with van der Waals surface area (Å²) in [6.07, 6.45) is 4.41. The second kappa shape index (κ2) is 6.54. The number of thiazole rings is 1. The molecule has 24 heavy (non-hydrogen) atoms. The monoisotopic (exact) mass is 359 g/mol. The Kier molecular flexibility index (Phi) is 4.26. The summed E-state index contributed by atoms with van der Waals surface area (Å²) in [7, 11) is 1.67. The van der Waals surface area contributed by atoms with Crippen LogP contribution in [0.2, 0.25) is 0 Å². The van der Waals surface area contributed by atoms with Gasteiger partial charge in [-0.1, -0.05) is 0 Å². The van der Waals surface area contributed by atoms with Crippen LogP contribution in [-0.2, 0) is 6.54 Å². The summed E-state index contributed by atoms with van der Waals surface area (Å²) in [5, 5.41) is 4.84. The van der Waals surface area contributed by atoms with Crippen molar-refractivity contribution in [1.29, 1.82) is 0 Å². The maximum absolute atomic E-state index is 12.3. The standard InChI is InChI=1S/C16H17N5OS2/c1-17-15(22)14-12(13-16(24-14)19-4-3-18-13)10-2-5-21(6-10)7-11-8-23-9-20-11/h3-4,8-10H,2,5-7H2,1H3,(H,17,22)/t10-/m1/s1. The van der Waals surface area contributed by atoms with Crippen LogP contribution in [-0.4, -0.2) is 45.9 Å². The Balaban J connectivity index is 1.65. The van der Waals surface area contributed by atoms with E-state index in [1.165, 1.54) is 11.3 Å². The van der Waals surface area contributed by atoms with Gasteiger partial charge in [-0.05, 0) is 13.0 Å². The number of carbonyl (C=O) groups excluding carboxylic acids is 1. The number of aromatic nitrogens is 3. The zero-order chi connectivity index (χ0) is 16.5. The summed E-state index contributed by atoms with van der Waals surface area (Å²) >= 11 is 3.06. The van der Waals surface area contributed by atoms with Crippen LogP contribution in [0.5, 0.6) is 0 Å². The van der Waals surface area contributed by atoms with Gasteiger partial charge in [0.05, 0.1) is 16.1 Å². The summed E-state index contributed by atoms with van der Waals surface area (Å²) in [5.41, 5.74) is 4.92. The van der Waals surface area contributed by atoms with Crippen LogP contribution in [0.25, 0.3) is 10.3 Å². The van der Waals surface area contributed by atoms with E-state index in [2.05, 4.69) is 30.5 Å². The Hall–Kier alpha value is -1.90. The van der Waals surface area contributed by atoms with Crippen molar-refractivity contribution >= 4 is 38.9 Å². The molecule has 0 aromatic carbocycles. The highest BCUT2D eigenvalue weighted by Crippen LogP contribution is 2.38. The minimum atomic E-state index is -0.0484. The fourth-order valence-corrected chi connectivity index (χ4v) is 4.95. The first-order valence-electron chi connectivity index (χ1n) is 7.81. The van der Waals surface area contributed by atoms with Crippen LogP contribution in [0.1, 0.15) is 33.3 Å². The molecule has 1 aliphatic rings. The Morgan fingerprint density at radius 3 is 3.04 bits per heavy atom. The number of thiophene rings is 1. The van der Waals surface area contributed by atoms with Crippen LogP contribution in [0.4, 0.5) is 0 Å². The Morgan fingerprint density at radius 1 is 1.38 bits per heavy atom. The first-order valence-corrected chi connectivity index (χ1v) is 9.57. The summed E-state index contributed by atoms with van der Waals surface area (Å²) in [6.45, 7) is 2.79. The number of nitrogens with one attached hydrogen (secondary N) is 1. The predicted octanol–water partition coefficient (Wildman–Crippen LogP) is 2.50. The fourth-order valence-electron chi connectivity index (χ4n) is 3.26. The highest BCUT2D eigenvalue weighted by atomic mass is 32.1. The van der Waals surface area contributed by atoms with Crippen LogP contribution in [0.3, 0.4) is 0 Å². The molecule has 4 heterocycles. The lowest BCUT2D eigenvalue weighted by atomic mass is 9.97. The number of amides is 1.